The standard InChI is InChI=1S/C14H17F2NO3S/c1-20-14-5-4-12(8-13(14)16)21(18,19)17-10-2-3-11(17)7-9(15)6-10/h4-5,8-11H,2-3,6-7H2,1H3. The number of sulfonamides is 1. The number of hydrogen-bond donors (Lipinski definition) is 0. The molecule has 2 bridgehead atoms. The fourth-order valence-corrected chi connectivity index (χ4v) is 5.29. The minimum atomic E-state index is -3.80. The van der Waals surface area contributed by atoms with E-state index in [1.54, 1.807) is 0 Å². The van der Waals surface area contributed by atoms with Crippen LogP contribution in [0.2, 0.25) is 0 Å². The summed E-state index contributed by atoms with van der Waals surface area (Å²) in [5, 5.41) is 0. The van der Waals surface area contributed by atoms with Crippen LogP contribution in [-0.4, -0.2) is 38.1 Å². The Kier molecular flexibility index (Phi) is 3.65. The van der Waals surface area contributed by atoms with Crippen LogP contribution in [0.15, 0.2) is 23.1 Å². The van der Waals surface area contributed by atoms with E-state index in [1.807, 2.05) is 0 Å². The molecule has 0 aromatic heterocycles. The number of benzene rings is 1. The predicted octanol–water partition coefficient (Wildman–Crippen LogP) is 2.49. The Morgan fingerprint density at radius 1 is 1.24 bits per heavy atom. The van der Waals surface area contributed by atoms with Gasteiger partial charge in [-0.1, -0.05) is 0 Å². The molecule has 2 saturated heterocycles. The number of alkyl halides is 1. The second kappa shape index (κ2) is 5.21. The van der Waals surface area contributed by atoms with Crippen LogP contribution in [0.25, 0.3) is 0 Å². The molecule has 21 heavy (non-hydrogen) atoms. The van der Waals surface area contributed by atoms with Gasteiger partial charge in [-0.05, 0) is 43.9 Å². The van der Waals surface area contributed by atoms with Crippen molar-refractivity contribution >= 4 is 10.0 Å². The van der Waals surface area contributed by atoms with E-state index in [4.69, 9.17) is 4.74 Å². The number of fused-ring (bicyclic) bond motifs is 2. The lowest BCUT2D eigenvalue weighted by atomic mass is 10.0. The highest BCUT2D eigenvalue weighted by atomic mass is 32.2. The first kappa shape index (κ1) is 14.7. The number of rotatable bonds is 3. The van der Waals surface area contributed by atoms with Crippen LogP contribution in [0.1, 0.15) is 25.7 Å². The van der Waals surface area contributed by atoms with Crippen molar-refractivity contribution in [3.05, 3.63) is 24.0 Å². The average molecular weight is 317 g/mol. The Balaban J connectivity index is 1.96. The summed E-state index contributed by atoms with van der Waals surface area (Å²) in [6.07, 6.45) is 0.857. The van der Waals surface area contributed by atoms with Crippen LogP contribution in [0.4, 0.5) is 8.78 Å². The summed E-state index contributed by atoms with van der Waals surface area (Å²) in [5.74, 6) is -0.717. The van der Waals surface area contributed by atoms with Gasteiger partial charge < -0.3 is 4.74 Å². The van der Waals surface area contributed by atoms with Crippen molar-refractivity contribution < 1.29 is 21.9 Å². The maximum absolute atomic E-state index is 13.8. The van der Waals surface area contributed by atoms with Gasteiger partial charge in [0.2, 0.25) is 10.0 Å². The Bertz CT molecular complexity index is 636. The van der Waals surface area contributed by atoms with Crippen LogP contribution in [0.3, 0.4) is 0 Å². The van der Waals surface area contributed by atoms with Crippen LogP contribution in [0, 0.1) is 5.82 Å². The number of hydrogen-bond acceptors (Lipinski definition) is 3. The Morgan fingerprint density at radius 2 is 1.86 bits per heavy atom. The van der Waals surface area contributed by atoms with Gasteiger partial charge >= 0.3 is 0 Å². The van der Waals surface area contributed by atoms with Gasteiger partial charge in [-0.2, -0.15) is 4.31 Å². The van der Waals surface area contributed by atoms with Crippen LogP contribution >= 0.6 is 0 Å². The first-order chi connectivity index (χ1) is 9.93. The van der Waals surface area contributed by atoms with Crippen molar-refractivity contribution in [3.8, 4) is 5.75 Å². The Labute approximate surface area is 122 Å². The van der Waals surface area contributed by atoms with E-state index in [2.05, 4.69) is 0 Å². The van der Waals surface area contributed by atoms with E-state index in [-0.39, 0.29) is 35.6 Å². The summed E-state index contributed by atoms with van der Waals surface area (Å²) in [5.41, 5.74) is 0. The highest BCUT2D eigenvalue weighted by Crippen LogP contribution is 2.41. The van der Waals surface area contributed by atoms with Crippen LogP contribution in [0.5, 0.6) is 5.75 Å². The summed E-state index contributed by atoms with van der Waals surface area (Å²) in [6, 6.07) is 2.97. The highest BCUT2D eigenvalue weighted by molar-refractivity contribution is 7.89. The molecule has 0 radical (unpaired) electrons. The second-order valence-corrected chi connectivity index (χ2v) is 7.43. The first-order valence-electron chi connectivity index (χ1n) is 6.94. The molecule has 3 rings (SSSR count). The topological polar surface area (TPSA) is 46.6 Å². The third-order valence-electron chi connectivity index (χ3n) is 4.31. The lowest BCUT2D eigenvalue weighted by molar-refractivity contribution is 0.150. The average Bonchev–Trinajstić information content (AvgIpc) is 2.72. The summed E-state index contributed by atoms with van der Waals surface area (Å²) >= 11 is 0. The molecule has 2 aliphatic heterocycles. The molecule has 0 spiro atoms. The van der Waals surface area contributed by atoms with Gasteiger partial charge in [0.05, 0.1) is 12.0 Å². The van der Waals surface area contributed by atoms with Gasteiger partial charge in [0, 0.05) is 12.1 Å². The summed E-state index contributed by atoms with van der Waals surface area (Å²) < 4.78 is 58.9. The molecule has 1 aromatic carbocycles. The van der Waals surface area contributed by atoms with Crippen molar-refractivity contribution in [2.75, 3.05) is 7.11 Å². The van der Waals surface area contributed by atoms with Crippen molar-refractivity contribution in [1.29, 1.82) is 0 Å². The third kappa shape index (κ3) is 2.42. The molecule has 2 atom stereocenters. The zero-order valence-electron chi connectivity index (χ0n) is 11.6. The molecule has 2 aliphatic rings. The maximum atomic E-state index is 13.8. The molecule has 7 heteroatoms. The zero-order valence-corrected chi connectivity index (χ0v) is 12.4. The monoisotopic (exact) mass is 317 g/mol. The van der Waals surface area contributed by atoms with E-state index in [1.165, 1.54) is 23.5 Å². The highest BCUT2D eigenvalue weighted by Gasteiger charge is 2.47. The van der Waals surface area contributed by atoms with Gasteiger partial charge in [0.25, 0.3) is 0 Å². The Hall–Kier alpha value is -1.21. The molecule has 2 heterocycles. The van der Waals surface area contributed by atoms with Gasteiger partial charge in [-0.15, -0.1) is 0 Å². The second-order valence-electron chi connectivity index (χ2n) is 5.58. The fourth-order valence-electron chi connectivity index (χ4n) is 3.39. The third-order valence-corrected chi connectivity index (χ3v) is 6.31. The van der Waals surface area contributed by atoms with E-state index < -0.39 is 22.0 Å². The van der Waals surface area contributed by atoms with E-state index in [0.717, 1.165) is 6.07 Å². The first-order valence-corrected chi connectivity index (χ1v) is 8.38. The number of ether oxygens (including phenoxy) is 1. The molecule has 4 nitrogen and oxygen atoms in total. The predicted molar refractivity (Wildman–Crippen MR) is 72.9 cm³/mol. The lowest BCUT2D eigenvalue weighted by Gasteiger charge is -2.35. The summed E-state index contributed by atoms with van der Waals surface area (Å²) in [6.45, 7) is 0. The van der Waals surface area contributed by atoms with Gasteiger partial charge in [-0.25, -0.2) is 17.2 Å². The number of piperidine rings is 1. The minimum Gasteiger partial charge on any atom is -0.494 e. The molecular formula is C14H17F2NO3S. The molecule has 116 valence electrons. The number of methoxy groups -OCH3 is 1. The largest absolute Gasteiger partial charge is 0.494 e. The molecule has 0 amide bonds. The zero-order chi connectivity index (χ0) is 15.2. The lowest BCUT2D eigenvalue weighted by Crippen LogP contribution is -2.47. The van der Waals surface area contributed by atoms with E-state index in [9.17, 15) is 17.2 Å². The van der Waals surface area contributed by atoms with Crippen molar-refractivity contribution in [2.45, 2.75) is 48.8 Å². The molecular weight excluding hydrogens is 300 g/mol. The normalized spacial score (nSPS) is 29.6. The smallest absolute Gasteiger partial charge is 0.243 e. The summed E-state index contributed by atoms with van der Waals surface area (Å²) in [7, 11) is -2.48. The Morgan fingerprint density at radius 3 is 2.38 bits per heavy atom. The molecule has 0 N–H and O–H groups in total. The molecule has 0 saturated carbocycles. The van der Waals surface area contributed by atoms with E-state index >= 15 is 0 Å². The molecule has 2 fully saturated rings. The van der Waals surface area contributed by atoms with Crippen molar-refractivity contribution in [2.24, 2.45) is 0 Å². The summed E-state index contributed by atoms with van der Waals surface area (Å²) in [4.78, 5) is -0.102. The molecule has 2 unspecified atom stereocenters. The fraction of sp³-hybridized carbons (Fsp3) is 0.571. The van der Waals surface area contributed by atoms with Gasteiger partial charge in [0.1, 0.15) is 6.17 Å². The van der Waals surface area contributed by atoms with Crippen molar-refractivity contribution in [1.82, 2.24) is 4.31 Å². The molecule has 0 aliphatic carbocycles. The van der Waals surface area contributed by atoms with Gasteiger partial charge in [-0.3, -0.25) is 0 Å². The van der Waals surface area contributed by atoms with Crippen LogP contribution < -0.4 is 4.74 Å². The number of halogens is 2. The SMILES string of the molecule is COc1ccc(S(=O)(=O)N2C3CCC2CC(F)C3)cc1F. The number of nitrogens with zero attached hydrogens (tertiary/aromatic N) is 1. The van der Waals surface area contributed by atoms with Crippen LogP contribution in [-0.2, 0) is 10.0 Å². The van der Waals surface area contributed by atoms with E-state index in [0.29, 0.717) is 12.8 Å². The maximum Gasteiger partial charge on any atom is 0.243 e. The quantitative estimate of drug-likeness (QED) is 0.860. The van der Waals surface area contributed by atoms with Gasteiger partial charge in [0.15, 0.2) is 11.6 Å². The minimum absolute atomic E-state index is 0.000566. The van der Waals surface area contributed by atoms with Crippen molar-refractivity contribution in [3.63, 3.8) is 0 Å². The molecule has 1 aromatic rings.